The van der Waals surface area contributed by atoms with Gasteiger partial charge in [0.25, 0.3) is 0 Å². The fourth-order valence-corrected chi connectivity index (χ4v) is 2.72. The molecule has 4 nitrogen and oxygen atoms in total. The standard InChI is InChI=1S/C14H28N2O2.ClH/c1-4-11(5-2)13(17)9-16-14(18)12-6-7-15-10(3)8-12;/h10-13,15,17H,4-9H2,1-3H3,(H,16,18);1H/t10-,12-,13?;/m0./s1. The van der Waals surface area contributed by atoms with E-state index < -0.39 is 6.10 Å². The molecule has 1 unspecified atom stereocenters. The van der Waals surface area contributed by atoms with Crippen molar-refractivity contribution in [3.63, 3.8) is 0 Å². The van der Waals surface area contributed by atoms with Crippen molar-refractivity contribution < 1.29 is 9.90 Å². The highest BCUT2D eigenvalue weighted by molar-refractivity contribution is 5.85. The Hall–Kier alpha value is -0.320. The van der Waals surface area contributed by atoms with E-state index in [1.54, 1.807) is 0 Å². The van der Waals surface area contributed by atoms with E-state index in [1.807, 2.05) is 0 Å². The van der Waals surface area contributed by atoms with Crippen LogP contribution in [0.15, 0.2) is 0 Å². The number of hydrogen-bond acceptors (Lipinski definition) is 3. The maximum Gasteiger partial charge on any atom is 0.223 e. The summed E-state index contributed by atoms with van der Waals surface area (Å²) < 4.78 is 0. The summed E-state index contributed by atoms with van der Waals surface area (Å²) in [4.78, 5) is 12.0. The van der Waals surface area contributed by atoms with Crippen molar-refractivity contribution in [3.8, 4) is 0 Å². The first-order chi connectivity index (χ1) is 8.58. The van der Waals surface area contributed by atoms with E-state index in [0.717, 1.165) is 32.2 Å². The molecule has 0 bridgehead atoms. The van der Waals surface area contributed by atoms with Crippen molar-refractivity contribution in [2.24, 2.45) is 11.8 Å². The number of amides is 1. The number of carbonyl (C=O) groups is 1. The van der Waals surface area contributed by atoms with E-state index in [1.165, 1.54) is 0 Å². The van der Waals surface area contributed by atoms with Gasteiger partial charge in [-0.1, -0.05) is 26.7 Å². The first-order valence-corrected chi connectivity index (χ1v) is 7.27. The molecule has 5 heteroatoms. The second-order valence-corrected chi connectivity index (χ2v) is 5.47. The van der Waals surface area contributed by atoms with Crippen molar-refractivity contribution in [2.45, 2.75) is 58.6 Å². The summed E-state index contributed by atoms with van der Waals surface area (Å²) in [5.74, 6) is 0.501. The Labute approximate surface area is 123 Å². The van der Waals surface area contributed by atoms with E-state index in [9.17, 15) is 9.90 Å². The fourth-order valence-electron chi connectivity index (χ4n) is 2.72. The van der Waals surface area contributed by atoms with Crippen LogP contribution < -0.4 is 10.6 Å². The average molecular weight is 293 g/mol. The van der Waals surface area contributed by atoms with Crippen molar-refractivity contribution >= 4 is 18.3 Å². The summed E-state index contributed by atoms with van der Waals surface area (Å²) in [6.07, 6.45) is 3.29. The number of rotatable bonds is 6. The van der Waals surface area contributed by atoms with Crippen LogP contribution in [0.2, 0.25) is 0 Å². The number of halogens is 1. The molecule has 1 saturated heterocycles. The van der Waals surface area contributed by atoms with Crippen LogP contribution in [0.5, 0.6) is 0 Å². The smallest absolute Gasteiger partial charge is 0.223 e. The third kappa shape index (κ3) is 6.11. The SMILES string of the molecule is CCC(CC)C(O)CNC(=O)[C@H]1CCN[C@@H](C)C1.Cl. The molecule has 0 saturated carbocycles. The Morgan fingerprint density at radius 2 is 2.05 bits per heavy atom. The highest BCUT2D eigenvalue weighted by atomic mass is 35.5. The average Bonchev–Trinajstić information content (AvgIpc) is 2.37. The monoisotopic (exact) mass is 292 g/mol. The molecule has 0 spiro atoms. The number of hydrogen-bond donors (Lipinski definition) is 3. The molecule has 114 valence electrons. The van der Waals surface area contributed by atoms with Crippen LogP contribution in [0, 0.1) is 11.8 Å². The molecule has 1 rings (SSSR count). The first-order valence-electron chi connectivity index (χ1n) is 7.27. The number of carbonyl (C=O) groups excluding carboxylic acids is 1. The fraction of sp³-hybridized carbons (Fsp3) is 0.929. The van der Waals surface area contributed by atoms with E-state index in [2.05, 4.69) is 31.4 Å². The molecule has 1 fully saturated rings. The molecule has 0 aromatic heterocycles. The van der Waals surface area contributed by atoms with Gasteiger partial charge >= 0.3 is 0 Å². The van der Waals surface area contributed by atoms with Crippen LogP contribution in [-0.2, 0) is 4.79 Å². The molecule has 3 N–H and O–H groups in total. The first kappa shape index (κ1) is 18.7. The van der Waals surface area contributed by atoms with E-state index in [-0.39, 0.29) is 30.2 Å². The van der Waals surface area contributed by atoms with Gasteiger partial charge in [-0.3, -0.25) is 4.79 Å². The van der Waals surface area contributed by atoms with Gasteiger partial charge < -0.3 is 15.7 Å². The normalized spacial score (nSPS) is 24.7. The maximum atomic E-state index is 12.0. The topological polar surface area (TPSA) is 61.4 Å². The number of aliphatic hydroxyl groups is 1. The van der Waals surface area contributed by atoms with Gasteiger partial charge in [0.15, 0.2) is 0 Å². The van der Waals surface area contributed by atoms with E-state index in [4.69, 9.17) is 0 Å². The zero-order chi connectivity index (χ0) is 13.5. The summed E-state index contributed by atoms with van der Waals surface area (Å²) >= 11 is 0. The van der Waals surface area contributed by atoms with Gasteiger partial charge in [-0.25, -0.2) is 0 Å². The minimum Gasteiger partial charge on any atom is -0.391 e. The number of aliphatic hydroxyl groups excluding tert-OH is 1. The van der Waals surface area contributed by atoms with Crippen LogP contribution in [0.25, 0.3) is 0 Å². The molecule has 1 heterocycles. The summed E-state index contributed by atoms with van der Waals surface area (Å²) in [6.45, 7) is 7.57. The molecular formula is C14H29ClN2O2. The van der Waals surface area contributed by atoms with Gasteiger partial charge in [-0.05, 0) is 32.2 Å². The maximum absolute atomic E-state index is 12.0. The van der Waals surface area contributed by atoms with Gasteiger partial charge in [0.2, 0.25) is 5.91 Å². The highest BCUT2D eigenvalue weighted by Crippen LogP contribution is 2.17. The predicted octanol–water partition coefficient (Wildman–Crippen LogP) is 1.71. The van der Waals surface area contributed by atoms with E-state index in [0.29, 0.717) is 12.6 Å². The summed E-state index contributed by atoms with van der Waals surface area (Å²) in [6, 6.07) is 0.415. The quantitative estimate of drug-likeness (QED) is 0.698. The third-order valence-corrected chi connectivity index (χ3v) is 4.07. The van der Waals surface area contributed by atoms with Gasteiger partial charge in [0, 0.05) is 18.5 Å². The van der Waals surface area contributed by atoms with Crippen molar-refractivity contribution in [1.29, 1.82) is 0 Å². The lowest BCUT2D eigenvalue weighted by Gasteiger charge is -2.28. The minimum atomic E-state index is -0.414. The second-order valence-electron chi connectivity index (χ2n) is 5.47. The largest absolute Gasteiger partial charge is 0.391 e. The Kier molecular flexibility index (Phi) is 9.40. The molecule has 3 atom stereocenters. The van der Waals surface area contributed by atoms with Crippen molar-refractivity contribution in [3.05, 3.63) is 0 Å². The Morgan fingerprint density at radius 1 is 1.42 bits per heavy atom. The zero-order valence-corrected chi connectivity index (χ0v) is 13.1. The molecule has 0 aromatic rings. The Bertz CT molecular complexity index is 260. The second kappa shape index (κ2) is 9.56. The van der Waals surface area contributed by atoms with Crippen LogP contribution >= 0.6 is 12.4 Å². The lowest BCUT2D eigenvalue weighted by Crippen LogP contribution is -2.44. The summed E-state index contributed by atoms with van der Waals surface area (Å²) in [5.41, 5.74) is 0. The molecule has 0 radical (unpaired) electrons. The van der Waals surface area contributed by atoms with Crippen molar-refractivity contribution in [1.82, 2.24) is 10.6 Å². The predicted molar refractivity (Wildman–Crippen MR) is 80.5 cm³/mol. The van der Waals surface area contributed by atoms with Gasteiger partial charge in [-0.15, -0.1) is 12.4 Å². The Morgan fingerprint density at radius 3 is 2.58 bits per heavy atom. The molecular weight excluding hydrogens is 264 g/mol. The molecule has 1 amide bonds. The van der Waals surface area contributed by atoms with Crippen LogP contribution in [-0.4, -0.2) is 36.2 Å². The van der Waals surface area contributed by atoms with Gasteiger partial charge in [0.05, 0.1) is 6.10 Å². The van der Waals surface area contributed by atoms with Crippen LogP contribution in [0.4, 0.5) is 0 Å². The minimum absolute atomic E-state index is 0. The Balaban J connectivity index is 0.00000324. The lowest BCUT2D eigenvalue weighted by molar-refractivity contribution is -0.126. The highest BCUT2D eigenvalue weighted by Gasteiger charge is 2.25. The summed E-state index contributed by atoms with van der Waals surface area (Å²) in [7, 11) is 0. The molecule has 1 aliphatic heterocycles. The molecule has 0 aromatic carbocycles. The van der Waals surface area contributed by atoms with Crippen molar-refractivity contribution in [2.75, 3.05) is 13.1 Å². The van der Waals surface area contributed by atoms with Gasteiger partial charge in [0.1, 0.15) is 0 Å². The molecule has 1 aliphatic rings. The van der Waals surface area contributed by atoms with Crippen LogP contribution in [0.1, 0.15) is 46.5 Å². The van der Waals surface area contributed by atoms with Gasteiger partial charge in [-0.2, -0.15) is 0 Å². The summed E-state index contributed by atoms with van der Waals surface area (Å²) in [5, 5.41) is 16.2. The van der Waals surface area contributed by atoms with Crippen LogP contribution in [0.3, 0.4) is 0 Å². The zero-order valence-electron chi connectivity index (χ0n) is 12.3. The number of piperidine rings is 1. The third-order valence-electron chi connectivity index (χ3n) is 4.07. The molecule has 19 heavy (non-hydrogen) atoms. The van der Waals surface area contributed by atoms with E-state index >= 15 is 0 Å². The molecule has 0 aliphatic carbocycles. The lowest BCUT2D eigenvalue weighted by atomic mass is 9.92. The number of nitrogens with one attached hydrogen (secondary N) is 2.